The second-order valence-corrected chi connectivity index (χ2v) is 9.20. The highest BCUT2D eigenvalue weighted by Gasteiger charge is 2.38. The van der Waals surface area contributed by atoms with Gasteiger partial charge >= 0.3 is 11.9 Å². The number of sulfonamides is 1. The minimum atomic E-state index is -4.62. The lowest BCUT2D eigenvalue weighted by atomic mass is 9.98. The van der Waals surface area contributed by atoms with Gasteiger partial charge in [-0.3, -0.25) is 4.98 Å². The number of hydrogen-bond acceptors (Lipinski definition) is 4. The predicted molar refractivity (Wildman–Crippen MR) is 106 cm³/mol. The number of halogens is 3. The molecule has 1 N–H and O–H groups in total. The quantitative estimate of drug-likeness (QED) is 0.615. The van der Waals surface area contributed by atoms with Crippen molar-refractivity contribution in [1.82, 2.24) is 19.1 Å². The molecule has 0 amide bonds. The third kappa shape index (κ3) is 4.34. The Morgan fingerprint density at radius 1 is 1.06 bits per heavy atom. The third-order valence-electron chi connectivity index (χ3n) is 5.28. The molecule has 1 atom stereocenters. The van der Waals surface area contributed by atoms with Gasteiger partial charge in [-0.1, -0.05) is 28.5 Å². The van der Waals surface area contributed by atoms with Crippen LogP contribution < -0.4 is 5.69 Å². The van der Waals surface area contributed by atoms with Crippen LogP contribution in [0.2, 0.25) is 0 Å². The Morgan fingerprint density at radius 3 is 2.39 bits per heavy atom. The lowest BCUT2D eigenvalue weighted by Crippen LogP contribution is -2.42. The average molecular weight is 452 g/mol. The molecule has 31 heavy (non-hydrogen) atoms. The van der Waals surface area contributed by atoms with Gasteiger partial charge in [-0.05, 0) is 37.1 Å². The van der Waals surface area contributed by atoms with E-state index in [0.717, 1.165) is 18.2 Å². The summed E-state index contributed by atoms with van der Waals surface area (Å²) in [5, 5.41) is 4.34. The summed E-state index contributed by atoms with van der Waals surface area (Å²) in [4.78, 5) is 14.6. The molecule has 0 radical (unpaired) electrons. The molecule has 7 nitrogen and oxygen atoms in total. The van der Waals surface area contributed by atoms with Gasteiger partial charge in [-0.15, -0.1) is 9.40 Å². The summed E-state index contributed by atoms with van der Waals surface area (Å²) in [6.45, 7) is 0.229. The van der Waals surface area contributed by atoms with E-state index >= 15 is 0 Å². The normalized spacial score (nSPS) is 18.1. The first kappa shape index (κ1) is 21.5. The van der Waals surface area contributed by atoms with Crippen LogP contribution in [0, 0.1) is 0 Å². The van der Waals surface area contributed by atoms with E-state index in [0.29, 0.717) is 30.4 Å². The molecule has 1 fully saturated rings. The van der Waals surface area contributed by atoms with Gasteiger partial charge in [0.25, 0.3) is 0 Å². The smallest absolute Gasteiger partial charge is 0.416 e. The fraction of sp³-hybridized carbons (Fsp3) is 0.300. The van der Waals surface area contributed by atoms with E-state index < -0.39 is 22.1 Å². The first-order valence-corrected chi connectivity index (χ1v) is 11.0. The third-order valence-corrected chi connectivity index (χ3v) is 7.17. The van der Waals surface area contributed by atoms with Gasteiger partial charge in [0.1, 0.15) is 5.82 Å². The second-order valence-electron chi connectivity index (χ2n) is 7.27. The summed E-state index contributed by atoms with van der Waals surface area (Å²) in [5.74, 6) is 0.301. The summed E-state index contributed by atoms with van der Waals surface area (Å²) in [6, 6.07) is 12.6. The molecule has 1 aliphatic rings. The van der Waals surface area contributed by atoms with E-state index in [-0.39, 0.29) is 29.6 Å². The molecule has 0 bridgehead atoms. The number of nitrogens with zero attached hydrogens (tertiary/aromatic N) is 3. The van der Waals surface area contributed by atoms with Crippen molar-refractivity contribution in [3.63, 3.8) is 0 Å². The van der Waals surface area contributed by atoms with Gasteiger partial charge in [0, 0.05) is 25.1 Å². The van der Waals surface area contributed by atoms with Crippen LogP contribution in [-0.4, -0.2) is 36.7 Å². The van der Waals surface area contributed by atoms with E-state index in [4.69, 9.17) is 0 Å². The number of aromatic nitrogens is 3. The molecule has 11 heteroatoms. The Balaban J connectivity index is 1.49. The van der Waals surface area contributed by atoms with Crippen molar-refractivity contribution in [2.24, 2.45) is 0 Å². The fourth-order valence-corrected chi connectivity index (χ4v) is 5.14. The number of rotatable bonds is 4. The van der Waals surface area contributed by atoms with Crippen LogP contribution in [0.15, 0.2) is 64.3 Å². The fourth-order valence-electron chi connectivity index (χ4n) is 3.62. The molecule has 0 spiro atoms. The van der Waals surface area contributed by atoms with Crippen molar-refractivity contribution in [3.8, 4) is 5.69 Å². The molecule has 1 aliphatic heterocycles. The van der Waals surface area contributed by atoms with Gasteiger partial charge in [-0.2, -0.15) is 17.9 Å². The van der Waals surface area contributed by atoms with Crippen LogP contribution in [0.5, 0.6) is 0 Å². The largest absolute Gasteiger partial charge is 0.593 e. The number of alkyl halides is 3. The number of aromatic amines is 1. The number of piperidine rings is 1. The molecule has 2 aromatic carbocycles. The number of nitrogens with one attached hydrogen (secondary N) is 1. The Hall–Kier alpha value is -2.76. The molecule has 2 heterocycles. The Morgan fingerprint density at radius 2 is 1.74 bits per heavy atom. The van der Waals surface area contributed by atoms with Crippen molar-refractivity contribution in [1.29, 1.82) is 0 Å². The minimum absolute atomic E-state index is 0.115. The molecule has 1 aromatic heterocycles. The zero-order valence-electron chi connectivity index (χ0n) is 16.2. The summed E-state index contributed by atoms with van der Waals surface area (Å²) in [6.07, 6.45) is -3.85. The van der Waals surface area contributed by atoms with Gasteiger partial charge < -0.3 is 4.55 Å². The molecule has 3 aromatic rings. The Labute approximate surface area is 176 Å². The van der Waals surface area contributed by atoms with Crippen molar-refractivity contribution in [3.05, 3.63) is 76.5 Å². The topological polar surface area (TPSA) is 94.1 Å². The summed E-state index contributed by atoms with van der Waals surface area (Å²) in [7, 11) is -4.06. The summed E-state index contributed by atoms with van der Waals surface area (Å²) >= 11 is 0. The molecular weight excluding hydrogens is 433 g/mol. The highest BCUT2D eigenvalue weighted by atomic mass is 32.3. The number of hydrogen-bond donors (Lipinski definition) is 1. The first-order valence-electron chi connectivity index (χ1n) is 9.58. The Bertz CT molecular complexity index is 1170. The van der Waals surface area contributed by atoms with Crippen LogP contribution >= 0.6 is 0 Å². The monoisotopic (exact) mass is 452 g/mol. The van der Waals surface area contributed by atoms with Crippen LogP contribution in [0.4, 0.5) is 13.2 Å². The van der Waals surface area contributed by atoms with Crippen LogP contribution in [-0.2, 0) is 20.8 Å². The molecular formula is C20H19F3N4O3S. The highest BCUT2D eigenvalue weighted by Crippen LogP contribution is 2.34. The SMILES string of the molecule is O=c1[nH]c(C2CCN([S+](=O)([O-])c3cccc(C(F)(F)F)c3)CC2)nn1-c1ccccc1. The van der Waals surface area contributed by atoms with Gasteiger partial charge in [0.2, 0.25) is 0 Å². The van der Waals surface area contributed by atoms with Crippen LogP contribution in [0.25, 0.3) is 5.69 Å². The van der Waals surface area contributed by atoms with E-state index in [2.05, 4.69) is 10.1 Å². The van der Waals surface area contributed by atoms with E-state index in [9.17, 15) is 26.7 Å². The highest BCUT2D eigenvalue weighted by molar-refractivity contribution is 7.95. The lowest BCUT2D eigenvalue weighted by molar-refractivity contribution is -0.137. The minimum Gasteiger partial charge on any atom is -0.593 e. The van der Waals surface area contributed by atoms with Crippen LogP contribution in [0.3, 0.4) is 0 Å². The molecule has 4 rings (SSSR count). The second kappa shape index (κ2) is 8.06. The van der Waals surface area contributed by atoms with Crippen molar-refractivity contribution < 1.29 is 21.9 Å². The van der Waals surface area contributed by atoms with Crippen molar-refractivity contribution in [2.45, 2.75) is 29.8 Å². The molecule has 164 valence electrons. The zero-order chi connectivity index (χ0) is 22.2. The van der Waals surface area contributed by atoms with Gasteiger partial charge in [0.05, 0.1) is 11.3 Å². The van der Waals surface area contributed by atoms with Crippen molar-refractivity contribution in [2.75, 3.05) is 13.1 Å². The summed E-state index contributed by atoms with van der Waals surface area (Å²) < 4.78 is 66.9. The van der Waals surface area contributed by atoms with Gasteiger partial charge in [0.15, 0.2) is 15.3 Å². The molecule has 0 aliphatic carbocycles. The van der Waals surface area contributed by atoms with Crippen molar-refractivity contribution >= 4 is 10.4 Å². The first-order chi connectivity index (χ1) is 14.7. The maximum Gasteiger partial charge on any atom is 0.416 e. The Kier molecular flexibility index (Phi) is 5.58. The standard InChI is InChI=1S/C20H19F3N4O3S/c21-20(22,23)15-5-4-8-17(13-15)31(29,30)26-11-9-14(10-12-26)18-24-19(28)27(25-18)16-6-2-1-3-7-16/h1-8,13-14H,9-12H2,(H-,24,25,28,29,30). The summed E-state index contributed by atoms with van der Waals surface area (Å²) in [5.41, 5.74) is -0.785. The van der Waals surface area contributed by atoms with E-state index in [1.165, 1.54) is 8.99 Å². The lowest BCUT2D eigenvalue weighted by Gasteiger charge is -2.33. The molecule has 0 saturated carbocycles. The maximum absolute atomic E-state index is 12.9. The molecule has 1 saturated heterocycles. The number of benzene rings is 2. The van der Waals surface area contributed by atoms with E-state index in [1.54, 1.807) is 24.3 Å². The molecule has 1 unspecified atom stereocenters. The van der Waals surface area contributed by atoms with Gasteiger partial charge in [-0.25, -0.2) is 4.79 Å². The van der Waals surface area contributed by atoms with E-state index in [1.807, 2.05) is 6.07 Å². The zero-order valence-corrected chi connectivity index (χ0v) is 17.0. The number of para-hydroxylation sites is 1. The average Bonchev–Trinajstić information content (AvgIpc) is 3.15. The maximum atomic E-state index is 12.9. The number of H-pyrrole nitrogens is 1. The van der Waals surface area contributed by atoms with Crippen LogP contribution in [0.1, 0.15) is 30.1 Å². The predicted octanol–water partition coefficient (Wildman–Crippen LogP) is 3.36.